The number of aromatic hydroxyl groups is 1. The Kier molecular flexibility index (Phi) is 10.1. The molecule has 0 saturated heterocycles. The van der Waals surface area contributed by atoms with Crippen LogP contribution in [0.4, 0.5) is 0 Å². The number of nitrogens with zero attached hydrogens (tertiary/aromatic N) is 3. The minimum absolute atomic E-state index is 0. The number of benzene rings is 1. The zero-order chi connectivity index (χ0) is 18.1. The van der Waals surface area contributed by atoms with Gasteiger partial charge in [0.2, 0.25) is 0 Å². The summed E-state index contributed by atoms with van der Waals surface area (Å²) in [6, 6.07) is 9.45. The van der Waals surface area contributed by atoms with Crippen molar-refractivity contribution in [3.05, 3.63) is 47.3 Å². The number of phenolic OH excluding ortho intramolecular Hbond substituents is 1. The standard InChI is InChI=1S/C19H29N5O.HI/c1-4-20-19(22-11-9-17-7-5-8-18(25)14-17)21-10-6-12-24-16(3)13-15(2)23-24;/h5,7-8,13-14,25H,4,6,9-12H2,1-3H3,(H2,20,21,22);1H. The van der Waals surface area contributed by atoms with Crippen molar-refractivity contribution >= 4 is 29.9 Å². The van der Waals surface area contributed by atoms with Gasteiger partial charge in [-0.1, -0.05) is 12.1 Å². The van der Waals surface area contributed by atoms with E-state index in [-0.39, 0.29) is 24.0 Å². The van der Waals surface area contributed by atoms with E-state index in [0.717, 1.165) is 56.2 Å². The van der Waals surface area contributed by atoms with E-state index in [1.165, 1.54) is 5.69 Å². The third-order valence-corrected chi connectivity index (χ3v) is 3.86. The zero-order valence-electron chi connectivity index (χ0n) is 15.8. The molecule has 1 aromatic heterocycles. The van der Waals surface area contributed by atoms with Crippen molar-refractivity contribution in [3.63, 3.8) is 0 Å². The summed E-state index contributed by atoms with van der Waals surface area (Å²) in [6.07, 6.45) is 1.79. The first kappa shape index (κ1) is 22.3. The molecule has 1 aromatic carbocycles. The first-order valence-electron chi connectivity index (χ1n) is 8.89. The molecule has 6 nitrogen and oxygen atoms in total. The van der Waals surface area contributed by atoms with Crippen LogP contribution in [0, 0.1) is 13.8 Å². The first-order chi connectivity index (χ1) is 12.1. The Labute approximate surface area is 173 Å². The summed E-state index contributed by atoms with van der Waals surface area (Å²) < 4.78 is 2.03. The Balaban J connectivity index is 0.00000338. The van der Waals surface area contributed by atoms with Gasteiger partial charge in [0, 0.05) is 31.9 Å². The van der Waals surface area contributed by atoms with E-state index >= 15 is 0 Å². The Morgan fingerprint density at radius 2 is 2.04 bits per heavy atom. The summed E-state index contributed by atoms with van der Waals surface area (Å²) in [7, 11) is 0. The van der Waals surface area contributed by atoms with Crippen molar-refractivity contribution in [3.8, 4) is 5.75 Å². The van der Waals surface area contributed by atoms with Crippen molar-refractivity contribution in [2.24, 2.45) is 4.99 Å². The average molecular weight is 471 g/mol. The number of halogens is 1. The maximum atomic E-state index is 9.50. The molecular weight excluding hydrogens is 441 g/mol. The molecule has 0 fully saturated rings. The second-order valence-corrected chi connectivity index (χ2v) is 6.11. The highest BCUT2D eigenvalue weighted by Gasteiger charge is 2.01. The van der Waals surface area contributed by atoms with Crippen LogP contribution < -0.4 is 10.6 Å². The Hall–Kier alpha value is -1.77. The highest BCUT2D eigenvalue weighted by Crippen LogP contribution is 2.10. The van der Waals surface area contributed by atoms with Gasteiger partial charge in [-0.15, -0.1) is 24.0 Å². The summed E-state index contributed by atoms with van der Waals surface area (Å²) in [6.45, 7) is 9.38. The number of phenols is 1. The van der Waals surface area contributed by atoms with Crippen LogP contribution in [0.5, 0.6) is 5.75 Å². The van der Waals surface area contributed by atoms with Gasteiger partial charge in [0.1, 0.15) is 5.75 Å². The van der Waals surface area contributed by atoms with E-state index in [9.17, 15) is 5.11 Å². The van der Waals surface area contributed by atoms with Crippen LogP contribution in [-0.2, 0) is 13.0 Å². The molecule has 0 aliphatic rings. The van der Waals surface area contributed by atoms with E-state index in [1.54, 1.807) is 12.1 Å². The lowest BCUT2D eigenvalue weighted by molar-refractivity contribution is 0.474. The van der Waals surface area contributed by atoms with Crippen LogP contribution in [0.2, 0.25) is 0 Å². The molecule has 26 heavy (non-hydrogen) atoms. The maximum absolute atomic E-state index is 9.50. The van der Waals surface area contributed by atoms with Crippen LogP contribution >= 0.6 is 24.0 Å². The van der Waals surface area contributed by atoms with E-state index in [0.29, 0.717) is 5.75 Å². The molecule has 0 saturated carbocycles. The maximum Gasteiger partial charge on any atom is 0.191 e. The predicted octanol–water partition coefficient (Wildman–Crippen LogP) is 3.01. The zero-order valence-corrected chi connectivity index (χ0v) is 18.2. The molecule has 0 bridgehead atoms. The van der Waals surface area contributed by atoms with Crippen LogP contribution in [0.15, 0.2) is 35.3 Å². The summed E-state index contributed by atoms with van der Waals surface area (Å²) in [5.41, 5.74) is 3.36. The van der Waals surface area contributed by atoms with Crippen LogP contribution in [0.3, 0.4) is 0 Å². The summed E-state index contributed by atoms with van der Waals surface area (Å²) >= 11 is 0. The van der Waals surface area contributed by atoms with E-state index < -0.39 is 0 Å². The molecule has 0 amide bonds. The van der Waals surface area contributed by atoms with Gasteiger partial charge in [-0.2, -0.15) is 5.10 Å². The van der Waals surface area contributed by atoms with E-state index in [2.05, 4.69) is 40.6 Å². The van der Waals surface area contributed by atoms with Gasteiger partial charge in [0.15, 0.2) is 5.96 Å². The second-order valence-electron chi connectivity index (χ2n) is 6.11. The topological polar surface area (TPSA) is 74.5 Å². The number of rotatable bonds is 8. The molecular formula is C19H30IN5O. The molecule has 144 valence electrons. The molecule has 0 radical (unpaired) electrons. The molecule has 0 aliphatic carbocycles. The number of guanidine groups is 1. The number of hydrogen-bond acceptors (Lipinski definition) is 3. The lowest BCUT2D eigenvalue weighted by atomic mass is 10.1. The smallest absolute Gasteiger partial charge is 0.191 e. The van der Waals surface area contributed by atoms with Crippen molar-refractivity contribution in [1.29, 1.82) is 0 Å². The SMILES string of the molecule is CCNC(=NCCCn1nc(C)cc1C)NCCc1cccc(O)c1.I. The predicted molar refractivity (Wildman–Crippen MR) is 118 cm³/mol. The molecule has 2 rings (SSSR count). The highest BCUT2D eigenvalue weighted by atomic mass is 127. The van der Waals surface area contributed by atoms with Gasteiger partial charge in [-0.25, -0.2) is 0 Å². The fourth-order valence-electron chi connectivity index (χ4n) is 2.69. The third-order valence-electron chi connectivity index (χ3n) is 3.86. The molecule has 1 heterocycles. The quantitative estimate of drug-likeness (QED) is 0.240. The first-order valence-corrected chi connectivity index (χ1v) is 8.89. The van der Waals surface area contributed by atoms with E-state index in [1.807, 2.05) is 23.7 Å². The normalized spacial score (nSPS) is 11.1. The molecule has 3 N–H and O–H groups in total. The van der Waals surface area contributed by atoms with Gasteiger partial charge < -0.3 is 15.7 Å². The minimum Gasteiger partial charge on any atom is -0.508 e. The molecule has 0 aliphatic heterocycles. The molecule has 2 aromatic rings. The number of aliphatic imine (C=N–C) groups is 1. The fraction of sp³-hybridized carbons (Fsp3) is 0.474. The van der Waals surface area contributed by atoms with E-state index in [4.69, 9.17) is 0 Å². The Morgan fingerprint density at radius 3 is 2.69 bits per heavy atom. The van der Waals surface area contributed by atoms with Crippen molar-refractivity contribution in [2.75, 3.05) is 19.6 Å². The second kappa shape index (κ2) is 11.8. The van der Waals surface area contributed by atoms with Gasteiger partial charge in [-0.05, 0) is 57.4 Å². The summed E-state index contributed by atoms with van der Waals surface area (Å²) in [4.78, 5) is 4.62. The summed E-state index contributed by atoms with van der Waals surface area (Å²) in [5, 5.41) is 20.6. The molecule has 0 unspecified atom stereocenters. The molecule has 0 atom stereocenters. The highest BCUT2D eigenvalue weighted by molar-refractivity contribution is 14.0. The van der Waals surface area contributed by atoms with Gasteiger partial charge >= 0.3 is 0 Å². The van der Waals surface area contributed by atoms with Crippen LogP contribution in [0.1, 0.15) is 30.3 Å². The third kappa shape index (κ3) is 7.63. The lowest BCUT2D eigenvalue weighted by Crippen LogP contribution is -2.38. The van der Waals surface area contributed by atoms with Crippen LogP contribution in [0.25, 0.3) is 0 Å². The fourth-order valence-corrected chi connectivity index (χ4v) is 2.69. The van der Waals surface area contributed by atoms with Crippen LogP contribution in [-0.4, -0.2) is 40.5 Å². The monoisotopic (exact) mass is 471 g/mol. The Bertz CT molecular complexity index is 699. The largest absolute Gasteiger partial charge is 0.508 e. The van der Waals surface area contributed by atoms with Gasteiger partial charge in [0.05, 0.1) is 5.69 Å². The van der Waals surface area contributed by atoms with Crippen molar-refractivity contribution in [1.82, 2.24) is 20.4 Å². The minimum atomic E-state index is 0. The Morgan fingerprint density at radius 1 is 1.23 bits per heavy atom. The average Bonchev–Trinajstić information content (AvgIpc) is 2.89. The number of nitrogens with one attached hydrogen (secondary N) is 2. The van der Waals surface area contributed by atoms with Gasteiger partial charge in [-0.3, -0.25) is 9.67 Å². The number of aromatic nitrogens is 2. The summed E-state index contributed by atoms with van der Waals surface area (Å²) in [5.74, 6) is 1.14. The lowest BCUT2D eigenvalue weighted by Gasteiger charge is -2.11. The molecule has 0 spiro atoms. The number of aryl methyl sites for hydroxylation is 3. The van der Waals surface area contributed by atoms with Crippen molar-refractivity contribution < 1.29 is 5.11 Å². The molecule has 7 heteroatoms. The van der Waals surface area contributed by atoms with Gasteiger partial charge in [0.25, 0.3) is 0 Å². The number of hydrogen-bond donors (Lipinski definition) is 3. The van der Waals surface area contributed by atoms with Crippen molar-refractivity contribution in [2.45, 2.75) is 40.2 Å².